The van der Waals surface area contributed by atoms with E-state index in [9.17, 15) is 4.79 Å². The molecule has 1 aromatic carbocycles. The molecule has 0 aliphatic rings. The van der Waals surface area contributed by atoms with Crippen molar-refractivity contribution in [2.45, 2.75) is 19.9 Å². The van der Waals surface area contributed by atoms with Crippen LogP contribution < -0.4 is 10.6 Å². The lowest BCUT2D eigenvalue weighted by Gasteiger charge is -2.05. The van der Waals surface area contributed by atoms with Gasteiger partial charge in [0.2, 0.25) is 5.91 Å². The van der Waals surface area contributed by atoms with Crippen LogP contribution >= 0.6 is 22.6 Å². The molecule has 0 aliphatic heterocycles. The summed E-state index contributed by atoms with van der Waals surface area (Å²) in [7, 11) is 0. The highest BCUT2D eigenvalue weighted by molar-refractivity contribution is 14.1. The molecule has 3 nitrogen and oxygen atoms in total. The van der Waals surface area contributed by atoms with Crippen molar-refractivity contribution >= 4 is 28.5 Å². The molecule has 1 amide bonds. The molecule has 1 rings (SSSR count). The first-order valence-electron chi connectivity index (χ1n) is 5.44. The van der Waals surface area contributed by atoms with E-state index in [-0.39, 0.29) is 5.91 Å². The van der Waals surface area contributed by atoms with Crippen LogP contribution in [0, 0.1) is 3.57 Å². The fraction of sp³-hybridized carbons (Fsp3) is 0.417. The largest absolute Gasteiger partial charge is 0.355 e. The van der Waals surface area contributed by atoms with Gasteiger partial charge in [-0.2, -0.15) is 0 Å². The van der Waals surface area contributed by atoms with Crippen molar-refractivity contribution in [2.75, 3.05) is 13.1 Å². The molecule has 88 valence electrons. The van der Waals surface area contributed by atoms with Gasteiger partial charge in [-0.1, -0.05) is 19.1 Å². The summed E-state index contributed by atoms with van der Waals surface area (Å²) in [6.45, 7) is 3.91. The van der Waals surface area contributed by atoms with Gasteiger partial charge in [0.25, 0.3) is 0 Å². The fourth-order valence-electron chi connectivity index (χ4n) is 1.25. The van der Waals surface area contributed by atoms with Crippen molar-refractivity contribution in [2.24, 2.45) is 0 Å². The number of hydrogen-bond acceptors (Lipinski definition) is 2. The molecule has 0 saturated carbocycles. The van der Waals surface area contributed by atoms with Gasteiger partial charge in [-0.05, 0) is 46.7 Å². The molecule has 0 heterocycles. The second-order valence-electron chi connectivity index (χ2n) is 3.58. The van der Waals surface area contributed by atoms with Crippen LogP contribution in [0.5, 0.6) is 0 Å². The molecule has 16 heavy (non-hydrogen) atoms. The molecule has 0 unspecified atom stereocenters. The summed E-state index contributed by atoms with van der Waals surface area (Å²) in [5.74, 6) is 0.0624. The lowest BCUT2D eigenvalue weighted by atomic mass is 10.2. The highest BCUT2D eigenvalue weighted by Crippen LogP contribution is 2.06. The first-order valence-corrected chi connectivity index (χ1v) is 6.52. The third kappa shape index (κ3) is 5.46. The molecule has 1 aromatic rings. The molecule has 2 N–H and O–H groups in total. The van der Waals surface area contributed by atoms with Gasteiger partial charge in [0.1, 0.15) is 0 Å². The van der Waals surface area contributed by atoms with Gasteiger partial charge in [0, 0.05) is 16.7 Å². The standard InChI is InChI=1S/C12H17IN2O/c1-2-7-15-12(16)9-14-8-10-3-5-11(13)6-4-10/h3-6,14H,2,7-9H2,1H3,(H,15,16). The number of carbonyl (C=O) groups excluding carboxylic acids is 1. The van der Waals surface area contributed by atoms with Crippen molar-refractivity contribution < 1.29 is 4.79 Å². The smallest absolute Gasteiger partial charge is 0.233 e. The van der Waals surface area contributed by atoms with Gasteiger partial charge in [-0.3, -0.25) is 4.79 Å². The van der Waals surface area contributed by atoms with Crippen molar-refractivity contribution in [3.05, 3.63) is 33.4 Å². The zero-order chi connectivity index (χ0) is 11.8. The molecule has 0 atom stereocenters. The summed E-state index contributed by atoms with van der Waals surface area (Å²) in [5.41, 5.74) is 1.20. The van der Waals surface area contributed by atoms with E-state index in [2.05, 4.69) is 57.5 Å². The Kier molecular flexibility index (Phi) is 6.40. The van der Waals surface area contributed by atoms with Crippen LogP contribution in [0.15, 0.2) is 24.3 Å². The average molecular weight is 332 g/mol. The first-order chi connectivity index (χ1) is 7.72. The lowest BCUT2D eigenvalue weighted by Crippen LogP contribution is -2.33. The molecule has 0 bridgehead atoms. The molecule has 0 saturated heterocycles. The third-order valence-electron chi connectivity index (χ3n) is 2.10. The molecular formula is C12H17IN2O. The predicted molar refractivity (Wildman–Crippen MR) is 74.2 cm³/mol. The fourth-order valence-corrected chi connectivity index (χ4v) is 1.61. The zero-order valence-electron chi connectivity index (χ0n) is 9.42. The van der Waals surface area contributed by atoms with Gasteiger partial charge >= 0.3 is 0 Å². The summed E-state index contributed by atoms with van der Waals surface area (Å²) in [6, 6.07) is 8.26. The zero-order valence-corrected chi connectivity index (χ0v) is 11.6. The van der Waals surface area contributed by atoms with E-state index in [1.807, 2.05) is 6.92 Å². The van der Waals surface area contributed by atoms with Gasteiger partial charge in [-0.25, -0.2) is 0 Å². The Morgan fingerprint density at radius 2 is 2.00 bits per heavy atom. The maximum absolute atomic E-state index is 11.3. The number of amides is 1. The van der Waals surface area contributed by atoms with E-state index in [1.54, 1.807) is 0 Å². The molecule has 4 heteroatoms. The van der Waals surface area contributed by atoms with Gasteiger partial charge < -0.3 is 10.6 Å². The maximum Gasteiger partial charge on any atom is 0.233 e. The van der Waals surface area contributed by atoms with Crippen LogP contribution in [0.4, 0.5) is 0 Å². The van der Waals surface area contributed by atoms with E-state index in [0.29, 0.717) is 6.54 Å². The van der Waals surface area contributed by atoms with Crippen molar-refractivity contribution in [3.8, 4) is 0 Å². The Morgan fingerprint density at radius 3 is 2.62 bits per heavy atom. The minimum absolute atomic E-state index is 0.0624. The number of halogens is 1. The van der Waals surface area contributed by atoms with Crippen LogP contribution in [0.25, 0.3) is 0 Å². The Hall–Kier alpha value is -0.620. The predicted octanol–water partition coefficient (Wildman–Crippen LogP) is 1.91. The van der Waals surface area contributed by atoms with Crippen LogP contribution in [-0.4, -0.2) is 19.0 Å². The van der Waals surface area contributed by atoms with Crippen molar-refractivity contribution in [3.63, 3.8) is 0 Å². The summed E-state index contributed by atoms with van der Waals surface area (Å²) < 4.78 is 1.22. The van der Waals surface area contributed by atoms with Crippen LogP contribution in [-0.2, 0) is 11.3 Å². The SMILES string of the molecule is CCCNC(=O)CNCc1ccc(I)cc1. The van der Waals surface area contributed by atoms with Crippen LogP contribution in [0.3, 0.4) is 0 Å². The molecule has 0 spiro atoms. The number of carbonyl (C=O) groups is 1. The summed E-state index contributed by atoms with van der Waals surface area (Å²) in [4.78, 5) is 11.3. The average Bonchev–Trinajstić information content (AvgIpc) is 2.29. The van der Waals surface area contributed by atoms with Crippen LogP contribution in [0.2, 0.25) is 0 Å². The Labute approximate surface area is 110 Å². The van der Waals surface area contributed by atoms with Crippen molar-refractivity contribution in [1.82, 2.24) is 10.6 Å². The normalized spacial score (nSPS) is 10.1. The highest BCUT2D eigenvalue weighted by Gasteiger charge is 1.99. The molecule has 0 radical (unpaired) electrons. The number of benzene rings is 1. The first kappa shape index (κ1) is 13.4. The quantitative estimate of drug-likeness (QED) is 0.782. The molecule has 0 aromatic heterocycles. The minimum atomic E-state index is 0.0624. The Balaban J connectivity index is 2.20. The van der Waals surface area contributed by atoms with Gasteiger partial charge in [0.05, 0.1) is 6.54 Å². The van der Waals surface area contributed by atoms with Gasteiger partial charge in [0.15, 0.2) is 0 Å². The minimum Gasteiger partial charge on any atom is -0.355 e. The highest BCUT2D eigenvalue weighted by atomic mass is 127. The van der Waals surface area contributed by atoms with Crippen molar-refractivity contribution in [1.29, 1.82) is 0 Å². The van der Waals surface area contributed by atoms with E-state index in [1.165, 1.54) is 9.13 Å². The summed E-state index contributed by atoms with van der Waals surface area (Å²) >= 11 is 2.28. The van der Waals surface area contributed by atoms with Crippen LogP contribution in [0.1, 0.15) is 18.9 Å². The van der Waals surface area contributed by atoms with E-state index in [4.69, 9.17) is 0 Å². The molecular weight excluding hydrogens is 315 g/mol. The molecule has 0 fully saturated rings. The van der Waals surface area contributed by atoms with E-state index in [0.717, 1.165) is 19.5 Å². The second kappa shape index (κ2) is 7.62. The second-order valence-corrected chi connectivity index (χ2v) is 4.83. The summed E-state index contributed by atoms with van der Waals surface area (Å²) in [5, 5.41) is 5.94. The summed E-state index contributed by atoms with van der Waals surface area (Å²) in [6.07, 6.45) is 0.975. The third-order valence-corrected chi connectivity index (χ3v) is 2.82. The van der Waals surface area contributed by atoms with Gasteiger partial charge in [-0.15, -0.1) is 0 Å². The lowest BCUT2D eigenvalue weighted by molar-refractivity contribution is -0.120. The Morgan fingerprint density at radius 1 is 1.31 bits per heavy atom. The van der Waals surface area contributed by atoms with E-state index >= 15 is 0 Å². The van der Waals surface area contributed by atoms with E-state index < -0.39 is 0 Å². The Bertz CT molecular complexity index is 324. The number of rotatable bonds is 6. The monoisotopic (exact) mass is 332 g/mol. The topological polar surface area (TPSA) is 41.1 Å². The number of nitrogens with one attached hydrogen (secondary N) is 2. The molecule has 0 aliphatic carbocycles. The maximum atomic E-state index is 11.3. The number of hydrogen-bond donors (Lipinski definition) is 2.